The minimum Gasteiger partial charge on any atom is -0.487 e. The van der Waals surface area contributed by atoms with E-state index in [1.165, 1.54) is 10.4 Å². The van der Waals surface area contributed by atoms with E-state index in [1.807, 2.05) is 13.8 Å². The Kier molecular flexibility index (Phi) is 8.89. The van der Waals surface area contributed by atoms with E-state index in [0.717, 1.165) is 12.8 Å². The van der Waals surface area contributed by atoms with Crippen LogP contribution in [0.2, 0.25) is 0 Å². The average molecular weight is 500 g/mol. The minimum atomic E-state index is -3.93. The van der Waals surface area contributed by atoms with Crippen molar-refractivity contribution in [3.8, 4) is 17.6 Å². The number of carbonyl (C=O) groups is 1. The van der Waals surface area contributed by atoms with Crippen LogP contribution in [0, 0.1) is 17.8 Å². The van der Waals surface area contributed by atoms with Crippen LogP contribution in [0.25, 0.3) is 0 Å². The van der Waals surface area contributed by atoms with Crippen LogP contribution in [-0.2, 0) is 10.0 Å². The molecule has 3 atom stereocenters. The summed E-state index contributed by atoms with van der Waals surface area (Å²) in [5, 5.41) is 9.78. The second-order valence-electron chi connectivity index (χ2n) is 8.87. The first-order valence-corrected chi connectivity index (χ1v) is 13.2. The number of aromatic nitrogens is 1. The topological polar surface area (TPSA) is 100 Å². The first-order valence-electron chi connectivity index (χ1n) is 11.8. The van der Waals surface area contributed by atoms with Crippen molar-refractivity contribution in [2.45, 2.75) is 50.7 Å². The molecule has 1 aliphatic heterocycles. The molecule has 0 saturated carbocycles. The Bertz CT molecular complexity index is 1190. The summed E-state index contributed by atoms with van der Waals surface area (Å²) in [7, 11) is -2.24. The molecular formula is C26H33N3O5S. The largest absolute Gasteiger partial charge is 0.487 e. The summed E-state index contributed by atoms with van der Waals surface area (Å²) >= 11 is 0. The summed E-state index contributed by atoms with van der Waals surface area (Å²) in [6.07, 6.45) is 4.29. The lowest BCUT2D eigenvalue weighted by molar-refractivity contribution is 0.0563. The van der Waals surface area contributed by atoms with Gasteiger partial charge in [-0.05, 0) is 43.7 Å². The third-order valence-corrected chi connectivity index (χ3v) is 8.02. The number of amides is 1. The number of hydrogen-bond acceptors (Lipinski definition) is 6. The number of aliphatic hydroxyl groups is 1. The van der Waals surface area contributed by atoms with Gasteiger partial charge >= 0.3 is 0 Å². The van der Waals surface area contributed by atoms with E-state index in [4.69, 9.17) is 4.74 Å². The molecule has 35 heavy (non-hydrogen) atoms. The lowest BCUT2D eigenvalue weighted by Gasteiger charge is -2.37. The number of rotatable bonds is 6. The molecular weight excluding hydrogens is 466 g/mol. The number of benzene rings is 1. The molecule has 0 saturated heterocycles. The molecule has 1 aromatic heterocycles. The number of pyridine rings is 1. The molecule has 0 fully saturated rings. The quantitative estimate of drug-likeness (QED) is 0.614. The van der Waals surface area contributed by atoms with Crippen LogP contribution in [-0.4, -0.2) is 72.5 Å². The Morgan fingerprint density at radius 2 is 2.03 bits per heavy atom. The Hall–Kier alpha value is -2.93. The van der Waals surface area contributed by atoms with Crippen LogP contribution in [0.3, 0.4) is 0 Å². The Morgan fingerprint density at radius 1 is 1.31 bits per heavy atom. The van der Waals surface area contributed by atoms with Gasteiger partial charge in [0.25, 0.3) is 5.91 Å². The van der Waals surface area contributed by atoms with Crippen molar-refractivity contribution in [2.75, 3.05) is 26.7 Å². The van der Waals surface area contributed by atoms with Crippen molar-refractivity contribution >= 4 is 15.9 Å². The summed E-state index contributed by atoms with van der Waals surface area (Å²) in [5.74, 6) is 5.88. The van der Waals surface area contributed by atoms with Crippen LogP contribution in [0.5, 0.6) is 5.75 Å². The van der Waals surface area contributed by atoms with Crippen molar-refractivity contribution in [1.29, 1.82) is 0 Å². The Morgan fingerprint density at radius 3 is 2.69 bits per heavy atom. The van der Waals surface area contributed by atoms with Gasteiger partial charge in [-0.25, -0.2) is 8.42 Å². The number of sulfonamides is 1. The molecule has 2 aromatic rings. The van der Waals surface area contributed by atoms with E-state index < -0.39 is 22.2 Å². The number of hydrogen-bond donors (Lipinski definition) is 1. The molecule has 0 unspecified atom stereocenters. The fraction of sp³-hybridized carbons (Fsp3) is 0.462. The van der Waals surface area contributed by atoms with Crippen LogP contribution >= 0.6 is 0 Å². The van der Waals surface area contributed by atoms with Crippen molar-refractivity contribution in [2.24, 2.45) is 5.92 Å². The van der Waals surface area contributed by atoms with Gasteiger partial charge < -0.3 is 14.7 Å². The summed E-state index contributed by atoms with van der Waals surface area (Å²) in [5.41, 5.74) is 1.16. The fourth-order valence-corrected chi connectivity index (χ4v) is 5.70. The smallest absolute Gasteiger partial charge is 0.253 e. The first kappa shape index (κ1) is 26.7. The van der Waals surface area contributed by atoms with Crippen molar-refractivity contribution < 1.29 is 23.1 Å². The highest BCUT2D eigenvalue weighted by Gasteiger charge is 2.38. The van der Waals surface area contributed by atoms with Crippen molar-refractivity contribution in [3.05, 3.63) is 53.9 Å². The van der Waals surface area contributed by atoms with Gasteiger partial charge in [0.2, 0.25) is 10.0 Å². The zero-order valence-electron chi connectivity index (χ0n) is 20.6. The van der Waals surface area contributed by atoms with E-state index in [2.05, 4.69) is 16.8 Å². The third-order valence-electron chi connectivity index (χ3n) is 6.00. The molecule has 9 heteroatoms. The Balaban J connectivity index is 2.01. The van der Waals surface area contributed by atoms with E-state index in [0.29, 0.717) is 11.1 Å². The van der Waals surface area contributed by atoms with Crippen molar-refractivity contribution in [1.82, 2.24) is 14.2 Å². The molecule has 188 valence electrons. The minimum absolute atomic E-state index is 0.0267. The predicted molar refractivity (Wildman–Crippen MR) is 133 cm³/mol. The maximum atomic E-state index is 13.5. The molecule has 1 aliphatic rings. The molecule has 0 aliphatic carbocycles. The third kappa shape index (κ3) is 6.20. The SMILES string of the molecule is CCCC#Cc1ccc2c(c1)O[C@H](CN(C)C(=O)c1ccncc1)[C@H](C)CN([C@@H](C)CO)S2(=O)=O. The van der Waals surface area contributed by atoms with E-state index >= 15 is 0 Å². The molecule has 1 aromatic carbocycles. The highest BCUT2D eigenvalue weighted by atomic mass is 32.2. The van der Waals surface area contributed by atoms with Gasteiger partial charge in [-0.2, -0.15) is 4.31 Å². The highest BCUT2D eigenvalue weighted by Crippen LogP contribution is 2.34. The van der Waals surface area contributed by atoms with Crippen LogP contribution in [0.4, 0.5) is 0 Å². The first-order chi connectivity index (χ1) is 16.7. The van der Waals surface area contributed by atoms with Gasteiger partial charge in [0.05, 0.1) is 13.2 Å². The lowest BCUT2D eigenvalue weighted by Crippen LogP contribution is -2.50. The molecule has 1 amide bonds. The van der Waals surface area contributed by atoms with Gasteiger partial charge in [-0.15, -0.1) is 0 Å². The second kappa shape index (κ2) is 11.7. The number of likely N-dealkylation sites (N-methyl/N-ethyl adjacent to an activating group) is 1. The highest BCUT2D eigenvalue weighted by molar-refractivity contribution is 7.89. The maximum Gasteiger partial charge on any atom is 0.253 e. The standard InChI is InChI=1S/C26H33N3O5S/c1-5-6-7-8-21-9-10-25-23(15-21)34-24(17-28(4)26(31)22-11-13-27-14-12-22)19(2)16-29(20(3)18-30)35(25,32)33/h9-15,19-20,24,30H,5-6,16-18H2,1-4H3/t19-,20+,24-/m1/s1. The lowest BCUT2D eigenvalue weighted by atomic mass is 10.0. The predicted octanol–water partition coefficient (Wildman–Crippen LogP) is 2.77. The number of ether oxygens (including phenoxy) is 1. The number of fused-ring (bicyclic) bond motifs is 1. The fourth-order valence-electron chi connectivity index (χ4n) is 3.88. The summed E-state index contributed by atoms with van der Waals surface area (Å²) in [4.78, 5) is 18.5. The molecule has 0 spiro atoms. The molecule has 3 rings (SSSR count). The van der Waals surface area contributed by atoms with Crippen LogP contribution in [0.1, 0.15) is 49.5 Å². The van der Waals surface area contributed by atoms with Gasteiger partial charge in [0.1, 0.15) is 16.7 Å². The molecule has 0 radical (unpaired) electrons. The van der Waals surface area contributed by atoms with Gasteiger partial charge in [0.15, 0.2) is 0 Å². The summed E-state index contributed by atoms with van der Waals surface area (Å²) in [6, 6.07) is 7.51. The average Bonchev–Trinajstić information content (AvgIpc) is 2.85. The number of nitrogens with zero attached hydrogens (tertiary/aromatic N) is 3. The van der Waals surface area contributed by atoms with Gasteiger partial charge in [-0.3, -0.25) is 9.78 Å². The summed E-state index contributed by atoms with van der Waals surface area (Å²) < 4.78 is 34.7. The normalized spacial score (nSPS) is 20.3. The zero-order chi connectivity index (χ0) is 25.6. The summed E-state index contributed by atoms with van der Waals surface area (Å²) in [6.45, 7) is 5.67. The zero-order valence-corrected chi connectivity index (χ0v) is 21.5. The molecule has 8 nitrogen and oxygen atoms in total. The Labute approximate surface area is 208 Å². The second-order valence-corrected chi connectivity index (χ2v) is 10.7. The van der Waals surface area contributed by atoms with E-state index in [-0.39, 0.29) is 42.2 Å². The van der Waals surface area contributed by atoms with E-state index in [9.17, 15) is 18.3 Å². The van der Waals surface area contributed by atoms with Crippen LogP contribution < -0.4 is 4.74 Å². The van der Waals surface area contributed by atoms with Crippen molar-refractivity contribution in [3.63, 3.8) is 0 Å². The van der Waals surface area contributed by atoms with Gasteiger partial charge in [-0.1, -0.05) is 25.7 Å². The van der Waals surface area contributed by atoms with Gasteiger partial charge in [0, 0.05) is 55.5 Å². The molecule has 2 heterocycles. The van der Waals surface area contributed by atoms with E-state index in [1.54, 1.807) is 55.5 Å². The monoisotopic (exact) mass is 499 g/mol. The molecule has 1 N–H and O–H groups in total. The molecule has 0 bridgehead atoms. The number of carbonyl (C=O) groups excluding carboxylic acids is 1. The van der Waals surface area contributed by atoms with Crippen LogP contribution in [0.15, 0.2) is 47.6 Å². The maximum absolute atomic E-state index is 13.5. The number of unbranched alkanes of at least 4 members (excludes halogenated alkanes) is 1. The number of aliphatic hydroxyl groups excluding tert-OH is 1.